The van der Waals surface area contributed by atoms with Gasteiger partial charge in [0.05, 0.1) is 17.2 Å². The molecule has 0 unspecified atom stereocenters. The zero-order chi connectivity index (χ0) is 29.8. The van der Waals surface area contributed by atoms with Gasteiger partial charge in [-0.25, -0.2) is 0 Å². The van der Waals surface area contributed by atoms with Crippen LogP contribution in [0.25, 0.3) is 0 Å². The molecule has 0 aliphatic heterocycles. The average molecular weight is 557 g/mol. The molecule has 7 N–H and O–H groups in total. The lowest BCUT2D eigenvalue weighted by Gasteiger charge is -2.50. The van der Waals surface area contributed by atoms with Crippen LogP contribution in [0.2, 0.25) is 0 Å². The van der Waals surface area contributed by atoms with Crippen LogP contribution in [0.5, 0.6) is 5.75 Å². The standard InChI is InChI=1S/C28H36N4O8/c1-6-7-8-30-27(39)14-11-16(31(2)3)13-9-12-10-15-20(32(4)5)23(35)19(26(29)38)25(37)28(15,40)24(36)17(12)22(34)18(13)21(14)33/h11-12,15,20,33,35-36,40H,6-10H2,1-5H3,(H2,29,38)(H,30,39)/t12-,15-,20-,28-/m0/s1. The summed E-state index contributed by atoms with van der Waals surface area (Å²) < 4.78 is 0. The van der Waals surface area contributed by atoms with E-state index in [4.69, 9.17) is 5.73 Å². The second-order valence-electron chi connectivity index (χ2n) is 11.1. The van der Waals surface area contributed by atoms with Gasteiger partial charge >= 0.3 is 0 Å². The number of hydrogen-bond donors (Lipinski definition) is 6. The van der Waals surface area contributed by atoms with E-state index >= 15 is 0 Å². The van der Waals surface area contributed by atoms with Crippen LogP contribution in [-0.4, -0.2) is 95.1 Å². The molecular weight excluding hydrogens is 520 g/mol. The molecule has 12 nitrogen and oxygen atoms in total. The number of nitrogens with zero attached hydrogens (tertiary/aromatic N) is 2. The topological polar surface area (TPSA) is 194 Å². The lowest BCUT2D eigenvalue weighted by Crippen LogP contribution is -2.63. The van der Waals surface area contributed by atoms with Crippen LogP contribution in [0.15, 0.2) is 28.7 Å². The number of fused-ring (bicyclic) bond motifs is 3. The SMILES string of the molecule is CCCCNC(=O)c1cc(N(C)C)c2c(c1O)C(=O)C1=C(O)[C@]3(O)C(=O)C(C(N)=O)=C(O)[C@@H](N(C)C)[C@@H]3C[C@@H]1C2. The quantitative estimate of drug-likeness (QED) is 0.206. The Labute approximate surface area is 231 Å². The first-order chi connectivity index (χ1) is 18.7. The van der Waals surface area contributed by atoms with E-state index in [0.29, 0.717) is 17.8 Å². The highest BCUT2D eigenvalue weighted by molar-refractivity contribution is 6.25. The number of ketones is 2. The Morgan fingerprint density at radius 1 is 1.15 bits per heavy atom. The van der Waals surface area contributed by atoms with Crippen molar-refractivity contribution in [3.63, 3.8) is 0 Å². The highest BCUT2D eigenvalue weighted by Crippen LogP contribution is 2.53. The summed E-state index contributed by atoms with van der Waals surface area (Å²) in [7, 11) is 6.61. The molecule has 0 radical (unpaired) electrons. The molecule has 216 valence electrons. The maximum Gasteiger partial charge on any atom is 0.255 e. The smallest absolute Gasteiger partial charge is 0.255 e. The maximum absolute atomic E-state index is 14.0. The van der Waals surface area contributed by atoms with Crippen molar-refractivity contribution >= 4 is 29.1 Å². The third-order valence-electron chi connectivity index (χ3n) is 8.24. The fraction of sp³-hybridized carbons (Fsp3) is 0.500. The van der Waals surface area contributed by atoms with Crippen LogP contribution in [0.3, 0.4) is 0 Å². The molecule has 0 saturated carbocycles. The summed E-state index contributed by atoms with van der Waals surface area (Å²) in [6, 6.07) is 0.443. The highest BCUT2D eigenvalue weighted by Gasteiger charge is 2.63. The van der Waals surface area contributed by atoms with Gasteiger partial charge < -0.3 is 36.4 Å². The number of benzene rings is 1. The predicted molar refractivity (Wildman–Crippen MR) is 145 cm³/mol. The number of Topliss-reactive ketones (excluding diaryl/α,β-unsaturated/α-hetero) is 2. The van der Waals surface area contributed by atoms with Gasteiger partial charge in [-0.15, -0.1) is 0 Å². The van der Waals surface area contributed by atoms with Crippen molar-refractivity contribution in [2.24, 2.45) is 17.6 Å². The Kier molecular flexibility index (Phi) is 7.46. The first kappa shape index (κ1) is 29.1. The summed E-state index contributed by atoms with van der Waals surface area (Å²) in [5, 5.41) is 48.0. The van der Waals surface area contributed by atoms with Gasteiger partial charge in [0.15, 0.2) is 11.4 Å². The van der Waals surface area contributed by atoms with Gasteiger partial charge in [0.1, 0.15) is 22.8 Å². The number of aliphatic hydroxyl groups excluding tert-OH is 2. The fourth-order valence-corrected chi connectivity index (χ4v) is 6.34. The summed E-state index contributed by atoms with van der Waals surface area (Å²) in [5.74, 6) is -7.95. The lowest BCUT2D eigenvalue weighted by molar-refractivity contribution is -0.148. The summed E-state index contributed by atoms with van der Waals surface area (Å²) in [6.45, 7) is 2.34. The van der Waals surface area contributed by atoms with Crippen molar-refractivity contribution in [2.75, 3.05) is 39.6 Å². The number of aliphatic hydroxyl groups is 3. The Hall–Kier alpha value is -3.90. The minimum absolute atomic E-state index is 0.0152. The van der Waals surface area contributed by atoms with E-state index in [1.54, 1.807) is 33.1 Å². The van der Waals surface area contributed by atoms with Gasteiger partial charge in [-0.3, -0.25) is 24.1 Å². The normalized spacial score (nSPS) is 25.9. The number of phenolic OH excluding ortho intramolecular Hbond substituents is 1. The predicted octanol–water partition coefficient (Wildman–Crippen LogP) is 0.717. The van der Waals surface area contributed by atoms with Gasteiger partial charge in [0.25, 0.3) is 11.8 Å². The summed E-state index contributed by atoms with van der Waals surface area (Å²) in [4.78, 5) is 55.7. The summed E-state index contributed by atoms with van der Waals surface area (Å²) in [6.07, 6.45) is 1.68. The highest BCUT2D eigenvalue weighted by atomic mass is 16.3. The lowest BCUT2D eigenvalue weighted by atomic mass is 9.58. The van der Waals surface area contributed by atoms with Crippen LogP contribution < -0.4 is 16.0 Å². The Balaban J connectivity index is 1.93. The second kappa shape index (κ2) is 10.3. The van der Waals surface area contributed by atoms with E-state index in [0.717, 1.165) is 12.8 Å². The monoisotopic (exact) mass is 556 g/mol. The molecule has 0 fully saturated rings. The zero-order valence-corrected chi connectivity index (χ0v) is 23.2. The number of aromatic hydroxyl groups is 1. The first-order valence-electron chi connectivity index (χ1n) is 13.2. The van der Waals surface area contributed by atoms with Crippen LogP contribution in [0, 0.1) is 11.8 Å². The van der Waals surface area contributed by atoms with Crippen molar-refractivity contribution in [3.8, 4) is 5.75 Å². The molecule has 3 aliphatic rings. The summed E-state index contributed by atoms with van der Waals surface area (Å²) in [5.41, 5.74) is 2.15. The number of carbonyl (C=O) groups is 4. The van der Waals surface area contributed by atoms with Crippen LogP contribution >= 0.6 is 0 Å². The third kappa shape index (κ3) is 4.13. The fourth-order valence-electron chi connectivity index (χ4n) is 6.34. The van der Waals surface area contributed by atoms with Gasteiger partial charge in [-0.2, -0.15) is 0 Å². The number of likely N-dealkylation sites (N-methyl/N-ethyl adjacent to an activating group) is 1. The van der Waals surface area contributed by atoms with E-state index in [-0.39, 0.29) is 29.5 Å². The molecule has 0 bridgehead atoms. The van der Waals surface area contributed by atoms with Crippen molar-refractivity contribution in [1.29, 1.82) is 0 Å². The molecule has 40 heavy (non-hydrogen) atoms. The van der Waals surface area contributed by atoms with Crippen molar-refractivity contribution in [3.05, 3.63) is 45.4 Å². The van der Waals surface area contributed by atoms with E-state index in [1.165, 1.54) is 11.0 Å². The molecule has 1 aromatic rings. The molecule has 0 saturated heterocycles. The molecule has 1 aromatic carbocycles. The maximum atomic E-state index is 14.0. The average Bonchev–Trinajstić information content (AvgIpc) is 2.85. The van der Waals surface area contributed by atoms with Gasteiger partial charge in [-0.1, -0.05) is 13.3 Å². The van der Waals surface area contributed by atoms with Crippen molar-refractivity contribution in [2.45, 2.75) is 44.2 Å². The van der Waals surface area contributed by atoms with Gasteiger partial charge in [0.2, 0.25) is 5.78 Å². The molecule has 3 aliphatic carbocycles. The largest absolute Gasteiger partial charge is 0.510 e. The molecular formula is C28H36N4O8. The molecule has 4 atom stereocenters. The van der Waals surface area contributed by atoms with Gasteiger partial charge in [0, 0.05) is 37.8 Å². The van der Waals surface area contributed by atoms with Crippen molar-refractivity contribution in [1.82, 2.24) is 10.2 Å². The van der Waals surface area contributed by atoms with Crippen molar-refractivity contribution < 1.29 is 39.6 Å². The van der Waals surface area contributed by atoms with Gasteiger partial charge in [-0.05, 0) is 50.9 Å². The van der Waals surface area contributed by atoms with E-state index < -0.39 is 69.7 Å². The van der Waals surface area contributed by atoms with Crippen LogP contribution in [0.4, 0.5) is 5.69 Å². The third-order valence-corrected chi connectivity index (χ3v) is 8.24. The Morgan fingerprint density at radius 3 is 2.35 bits per heavy atom. The minimum Gasteiger partial charge on any atom is -0.510 e. The van der Waals surface area contributed by atoms with E-state index in [9.17, 15) is 39.6 Å². The molecule has 4 rings (SSSR count). The number of anilines is 1. The Bertz CT molecular complexity index is 1380. The number of primary amides is 1. The molecule has 12 heteroatoms. The van der Waals surface area contributed by atoms with Crippen LogP contribution in [-0.2, 0) is 16.0 Å². The number of nitrogens with two attached hydrogens (primary N) is 1. The minimum atomic E-state index is -2.72. The number of carbonyl (C=O) groups excluding carboxylic acids is 4. The number of rotatable bonds is 7. The number of hydrogen-bond acceptors (Lipinski definition) is 10. The molecule has 2 amide bonds. The Morgan fingerprint density at radius 2 is 1.80 bits per heavy atom. The number of allylic oxidation sites excluding steroid dienone is 1. The molecule has 0 aromatic heterocycles. The van der Waals surface area contributed by atoms with Crippen LogP contribution in [0.1, 0.15) is 52.5 Å². The van der Waals surface area contributed by atoms with E-state index in [2.05, 4.69) is 5.32 Å². The number of unbranched alkanes of at least 4 members (excludes halogenated alkanes) is 1. The number of nitrogens with one attached hydrogen (secondary N) is 1. The van der Waals surface area contributed by atoms with E-state index in [1.807, 2.05) is 6.92 Å². The number of amides is 2. The first-order valence-corrected chi connectivity index (χ1v) is 13.2. The number of phenols is 1. The molecule has 0 heterocycles. The second-order valence-corrected chi connectivity index (χ2v) is 11.1. The summed E-state index contributed by atoms with van der Waals surface area (Å²) >= 11 is 0. The zero-order valence-electron chi connectivity index (χ0n) is 23.2. The molecule has 0 spiro atoms.